The molecule has 3 N–H and O–H groups in total. The number of rotatable bonds is 7. The van der Waals surface area contributed by atoms with E-state index in [1.165, 1.54) is 30.9 Å². The molecular formula is C21H22BrFN5O2+. The van der Waals surface area contributed by atoms with E-state index >= 15 is 0 Å². The first-order valence-electron chi connectivity index (χ1n) is 9.76. The number of amides is 3. The Balaban J connectivity index is 1.57. The van der Waals surface area contributed by atoms with E-state index < -0.39 is 11.8 Å². The van der Waals surface area contributed by atoms with Gasteiger partial charge in [0.25, 0.3) is 0 Å². The number of nitrogens with two attached hydrogens (primary N) is 1. The third kappa shape index (κ3) is 3.99. The zero-order chi connectivity index (χ0) is 21.4. The molecule has 156 valence electrons. The van der Waals surface area contributed by atoms with Gasteiger partial charge in [-0.3, -0.25) is 9.69 Å². The summed E-state index contributed by atoms with van der Waals surface area (Å²) in [6, 6.07) is 8.17. The summed E-state index contributed by atoms with van der Waals surface area (Å²) in [4.78, 5) is 26.1. The zero-order valence-electron chi connectivity index (χ0n) is 16.5. The van der Waals surface area contributed by atoms with Crippen molar-refractivity contribution in [1.29, 1.82) is 5.53 Å². The van der Waals surface area contributed by atoms with Crippen LogP contribution in [0, 0.1) is 17.3 Å². The van der Waals surface area contributed by atoms with Crippen LogP contribution in [0.5, 0.6) is 0 Å². The Morgan fingerprint density at radius 3 is 2.63 bits per heavy atom. The van der Waals surface area contributed by atoms with Crippen LogP contribution < -0.4 is 5.32 Å². The van der Waals surface area contributed by atoms with E-state index in [9.17, 15) is 14.0 Å². The molecule has 30 heavy (non-hydrogen) atoms. The number of carbonyl (C=O) groups excluding carboxylic acids is 2. The second-order valence-electron chi connectivity index (χ2n) is 7.76. The zero-order valence-corrected chi connectivity index (χ0v) is 18.1. The Morgan fingerprint density at radius 1 is 1.27 bits per heavy atom. The predicted molar refractivity (Wildman–Crippen MR) is 112 cm³/mol. The van der Waals surface area contributed by atoms with Gasteiger partial charge in [-0.25, -0.2) is 14.7 Å². The smallest absolute Gasteiger partial charge is 0.312 e. The number of hydrogen-bond acceptors (Lipinski definition) is 4. The molecule has 0 atom stereocenters. The van der Waals surface area contributed by atoms with Crippen molar-refractivity contribution in [3.8, 4) is 11.1 Å². The van der Waals surface area contributed by atoms with Crippen LogP contribution in [0.2, 0.25) is 0 Å². The number of hydrogen-bond donors (Lipinski definition) is 2. The summed E-state index contributed by atoms with van der Waals surface area (Å²) in [5, 5.41) is 5.79. The van der Waals surface area contributed by atoms with Crippen LogP contribution in [0.25, 0.3) is 11.1 Å². The van der Waals surface area contributed by atoms with Crippen molar-refractivity contribution < 1.29 is 19.3 Å². The summed E-state index contributed by atoms with van der Waals surface area (Å²) in [5.41, 5.74) is 10.7. The van der Waals surface area contributed by atoms with Crippen molar-refractivity contribution in [2.24, 2.45) is 11.0 Å². The summed E-state index contributed by atoms with van der Waals surface area (Å²) in [6.45, 7) is 0.963. The number of nitrogens with one attached hydrogen (secondary N) is 1. The second-order valence-corrected chi connectivity index (χ2v) is 8.55. The first kappa shape index (κ1) is 20.6. The highest BCUT2D eigenvalue weighted by Gasteiger charge is 2.33. The van der Waals surface area contributed by atoms with Crippen molar-refractivity contribution in [3.63, 3.8) is 0 Å². The van der Waals surface area contributed by atoms with Crippen LogP contribution in [-0.2, 0) is 11.3 Å². The van der Waals surface area contributed by atoms with Gasteiger partial charge in [0.15, 0.2) is 11.4 Å². The summed E-state index contributed by atoms with van der Waals surface area (Å²) >= 11 is 3.53. The number of urea groups is 1. The van der Waals surface area contributed by atoms with E-state index in [2.05, 4.69) is 26.4 Å². The van der Waals surface area contributed by atoms with Gasteiger partial charge in [-0.15, -0.1) is 0 Å². The Bertz CT molecular complexity index is 1040. The fourth-order valence-corrected chi connectivity index (χ4v) is 4.23. The Hall–Kier alpha value is -2.65. The van der Waals surface area contributed by atoms with Crippen LogP contribution in [0.4, 0.5) is 20.6 Å². The fraction of sp³-hybridized carbons (Fsp3) is 0.333. The highest BCUT2D eigenvalue weighted by molar-refractivity contribution is 9.10. The van der Waals surface area contributed by atoms with Gasteiger partial charge in [-0.2, -0.15) is 5.11 Å². The molecule has 1 aliphatic heterocycles. The second kappa shape index (κ2) is 8.23. The summed E-state index contributed by atoms with van der Waals surface area (Å²) < 4.78 is 15.5. The van der Waals surface area contributed by atoms with Crippen LogP contribution in [0.15, 0.2) is 39.9 Å². The lowest BCUT2D eigenvalue weighted by atomic mass is 10.0. The van der Waals surface area contributed by atoms with E-state index in [1.807, 2.05) is 12.1 Å². The number of benzene rings is 2. The van der Waals surface area contributed by atoms with Gasteiger partial charge in [0.05, 0.1) is 17.6 Å². The lowest BCUT2D eigenvalue weighted by Gasteiger charge is -2.16. The van der Waals surface area contributed by atoms with E-state index in [0.29, 0.717) is 21.3 Å². The van der Waals surface area contributed by atoms with Gasteiger partial charge in [0.2, 0.25) is 5.91 Å². The van der Waals surface area contributed by atoms with Crippen molar-refractivity contribution in [2.75, 3.05) is 20.1 Å². The number of quaternary nitrogens is 1. The molecule has 3 amide bonds. The minimum Gasteiger partial charge on any atom is -0.312 e. The molecule has 2 aromatic rings. The van der Waals surface area contributed by atoms with Crippen LogP contribution in [-0.4, -0.2) is 41.9 Å². The molecule has 0 unspecified atom stereocenters. The molecule has 2 aromatic carbocycles. The number of imide groups is 1. The van der Waals surface area contributed by atoms with Gasteiger partial charge in [-0.1, -0.05) is 12.1 Å². The van der Waals surface area contributed by atoms with Gasteiger partial charge in [0.1, 0.15) is 12.4 Å². The molecule has 2 aliphatic rings. The van der Waals surface area contributed by atoms with Gasteiger partial charge < -0.3 is 10.2 Å². The summed E-state index contributed by atoms with van der Waals surface area (Å²) in [6.07, 6.45) is 2.50. The number of nitrogens with zero attached hydrogens (tertiary/aromatic N) is 3. The number of halogens is 2. The van der Waals surface area contributed by atoms with E-state index in [0.717, 1.165) is 28.6 Å². The molecule has 0 radical (unpaired) electrons. The molecular weight excluding hydrogens is 453 g/mol. The standard InChI is InChI=1S/C21H21BrFN5O2/c1-27-18(29)11-28(21(27)30)10-14-5-4-13(8-16(14)23)15-6-7-17(20(26-24)19(15)22)25-9-12-2-3-12/h4-8,12,24-25H,2-3,9-11H2,1H3/p+1. The highest BCUT2D eigenvalue weighted by atomic mass is 79.9. The molecule has 7 nitrogen and oxygen atoms in total. The predicted octanol–water partition coefficient (Wildman–Crippen LogP) is 3.92. The minimum absolute atomic E-state index is 0.0323. The van der Waals surface area contributed by atoms with E-state index in [4.69, 9.17) is 5.53 Å². The quantitative estimate of drug-likeness (QED) is 0.361. The van der Waals surface area contributed by atoms with Crippen molar-refractivity contribution in [2.45, 2.75) is 19.4 Å². The maximum absolute atomic E-state index is 14.8. The first-order valence-corrected chi connectivity index (χ1v) is 10.6. The fourth-order valence-electron chi connectivity index (χ4n) is 3.56. The molecule has 0 aromatic heterocycles. The van der Waals surface area contributed by atoms with E-state index in [-0.39, 0.29) is 19.0 Å². The average Bonchev–Trinajstić information content (AvgIpc) is 3.52. The van der Waals surface area contributed by atoms with Crippen LogP contribution in [0.3, 0.4) is 0 Å². The molecule has 1 heterocycles. The topological polar surface area (TPSA) is 93.4 Å². The third-order valence-corrected chi connectivity index (χ3v) is 6.41. The van der Waals surface area contributed by atoms with E-state index in [1.54, 1.807) is 12.1 Å². The number of likely N-dealkylation sites (N-methyl/N-ethyl adjacent to an activating group) is 1. The molecule has 1 saturated heterocycles. The summed E-state index contributed by atoms with van der Waals surface area (Å²) in [7, 11) is 1.42. The van der Waals surface area contributed by atoms with Crippen molar-refractivity contribution in [1.82, 2.24) is 9.80 Å². The molecule has 0 spiro atoms. The molecule has 4 rings (SSSR count). The maximum atomic E-state index is 14.8. The maximum Gasteiger partial charge on any atom is 0.327 e. The largest absolute Gasteiger partial charge is 0.327 e. The van der Waals surface area contributed by atoms with Crippen molar-refractivity contribution >= 4 is 39.2 Å². The minimum atomic E-state index is -0.456. The first-order chi connectivity index (χ1) is 14.4. The number of carbonyl (C=O) groups is 2. The Morgan fingerprint density at radius 2 is 2.03 bits per heavy atom. The molecule has 9 heteroatoms. The van der Waals surface area contributed by atoms with Gasteiger partial charge in [-0.05, 0) is 52.0 Å². The molecule has 1 aliphatic carbocycles. The Kier molecular flexibility index (Phi) is 5.66. The van der Waals surface area contributed by atoms with Crippen molar-refractivity contribution in [3.05, 3.63) is 46.2 Å². The highest BCUT2D eigenvalue weighted by Crippen LogP contribution is 2.40. The lowest BCUT2D eigenvalue weighted by molar-refractivity contribution is -0.574. The van der Waals surface area contributed by atoms with Gasteiger partial charge in [0, 0.05) is 24.6 Å². The lowest BCUT2D eigenvalue weighted by Crippen LogP contribution is -2.78. The molecule has 1 saturated carbocycles. The normalized spacial score (nSPS) is 16.5. The summed E-state index contributed by atoms with van der Waals surface area (Å²) in [5.74, 6) is -0.0182. The van der Waals surface area contributed by atoms with Crippen LogP contribution in [0.1, 0.15) is 18.4 Å². The van der Waals surface area contributed by atoms with Crippen LogP contribution >= 0.6 is 15.9 Å². The Labute approximate surface area is 181 Å². The monoisotopic (exact) mass is 474 g/mol. The average molecular weight is 475 g/mol. The SMILES string of the molecule is CN1C(=O)CN(Cc2ccc(-c3ccc([NH2+]CC4CC4)c(N=N)c3Br)cc2F)C1=O. The molecule has 2 fully saturated rings. The van der Waals surface area contributed by atoms with Gasteiger partial charge >= 0.3 is 6.03 Å². The molecule has 0 bridgehead atoms. The third-order valence-electron chi connectivity index (χ3n) is 5.61.